The molecule has 7 heteroatoms. The Labute approximate surface area is 150 Å². The van der Waals surface area contributed by atoms with E-state index in [0.717, 1.165) is 35.6 Å². The summed E-state index contributed by atoms with van der Waals surface area (Å²) in [7, 11) is 0. The lowest BCUT2D eigenvalue weighted by molar-refractivity contribution is -0.384. The highest BCUT2D eigenvalue weighted by atomic mass is 32.1. The number of hydrogen-bond donors (Lipinski definition) is 2. The van der Waals surface area contributed by atoms with E-state index < -0.39 is 0 Å². The van der Waals surface area contributed by atoms with Crippen LogP contribution in [-0.2, 0) is 11.3 Å². The number of amides is 1. The van der Waals surface area contributed by atoms with E-state index in [0.29, 0.717) is 24.6 Å². The Balaban J connectivity index is 1.46. The van der Waals surface area contributed by atoms with Crippen molar-refractivity contribution in [1.82, 2.24) is 10.6 Å². The Kier molecular flexibility index (Phi) is 5.78. The van der Waals surface area contributed by atoms with Gasteiger partial charge in [-0.1, -0.05) is 12.1 Å². The molecule has 1 heterocycles. The van der Waals surface area contributed by atoms with E-state index in [9.17, 15) is 14.9 Å². The summed E-state index contributed by atoms with van der Waals surface area (Å²) in [6, 6.07) is 11.1. The SMILES string of the molecule is O=C(CCCNCc1ccc(-c2ccccc2[N+](=O)[O-])s1)NC1CC1. The van der Waals surface area contributed by atoms with Gasteiger partial charge in [-0.2, -0.15) is 0 Å². The van der Waals surface area contributed by atoms with Gasteiger partial charge in [-0.25, -0.2) is 0 Å². The number of carbonyl (C=O) groups is 1. The summed E-state index contributed by atoms with van der Waals surface area (Å²) in [5.41, 5.74) is 0.783. The second-order valence-corrected chi connectivity index (χ2v) is 7.33. The van der Waals surface area contributed by atoms with Crippen molar-refractivity contribution in [1.29, 1.82) is 0 Å². The molecule has 0 unspecified atom stereocenters. The molecule has 1 aliphatic carbocycles. The molecule has 0 aliphatic heterocycles. The number of rotatable bonds is 9. The van der Waals surface area contributed by atoms with E-state index in [1.54, 1.807) is 23.5 Å². The molecule has 1 fully saturated rings. The van der Waals surface area contributed by atoms with Crippen molar-refractivity contribution >= 4 is 22.9 Å². The Bertz CT molecular complexity index is 756. The molecule has 1 aliphatic rings. The van der Waals surface area contributed by atoms with Crippen LogP contribution in [0.5, 0.6) is 0 Å². The first-order valence-electron chi connectivity index (χ1n) is 8.46. The number of nitrogens with one attached hydrogen (secondary N) is 2. The average Bonchev–Trinajstić information content (AvgIpc) is 3.29. The maximum absolute atomic E-state index is 11.6. The molecule has 1 saturated carbocycles. The van der Waals surface area contributed by atoms with Crippen molar-refractivity contribution in [3.63, 3.8) is 0 Å². The van der Waals surface area contributed by atoms with Crippen LogP contribution in [0.25, 0.3) is 10.4 Å². The van der Waals surface area contributed by atoms with Crippen molar-refractivity contribution in [2.75, 3.05) is 6.54 Å². The highest BCUT2D eigenvalue weighted by Crippen LogP contribution is 2.34. The fraction of sp³-hybridized carbons (Fsp3) is 0.389. The van der Waals surface area contributed by atoms with E-state index in [2.05, 4.69) is 10.6 Å². The van der Waals surface area contributed by atoms with Crippen LogP contribution in [0.4, 0.5) is 5.69 Å². The predicted molar refractivity (Wildman–Crippen MR) is 98.5 cm³/mol. The first kappa shape index (κ1) is 17.6. The number of nitro benzene ring substituents is 1. The lowest BCUT2D eigenvalue weighted by Gasteiger charge is -2.04. The van der Waals surface area contributed by atoms with E-state index in [1.807, 2.05) is 18.2 Å². The topological polar surface area (TPSA) is 84.3 Å². The van der Waals surface area contributed by atoms with Gasteiger partial charge in [-0.15, -0.1) is 11.3 Å². The minimum atomic E-state index is -0.348. The van der Waals surface area contributed by atoms with Gasteiger partial charge in [-0.05, 0) is 44.0 Å². The molecule has 0 saturated heterocycles. The van der Waals surface area contributed by atoms with Crippen LogP contribution in [-0.4, -0.2) is 23.4 Å². The van der Waals surface area contributed by atoms with Crippen molar-refractivity contribution < 1.29 is 9.72 Å². The summed E-state index contributed by atoms with van der Waals surface area (Å²) in [6.07, 6.45) is 3.59. The van der Waals surface area contributed by atoms with Crippen molar-refractivity contribution in [3.05, 3.63) is 51.4 Å². The molecule has 2 N–H and O–H groups in total. The van der Waals surface area contributed by atoms with Crippen LogP contribution in [0.3, 0.4) is 0 Å². The summed E-state index contributed by atoms with van der Waals surface area (Å²) in [5, 5.41) is 17.4. The molecule has 1 aromatic carbocycles. The molecule has 3 rings (SSSR count). The van der Waals surface area contributed by atoms with Crippen LogP contribution < -0.4 is 10.6 Å². The van der Waals surface area contributed by atoms with Gasteiger partial charge in [-0.3, -0.25) is 14.9 Å². The van der Waals surface area contributed by atoms with E-state index in [-0.39, 0.29) is 16.5 Å². The third-order valence-electron chi connectivity index (χ3n) is 4.03. The summed E-state index contributed by atoms with van der Waals surface area (Å²) in [5.74, 6) is 0.138. The highest BCUT2D eigenvalue weighted by molar-refractivity contribution is 7.15. The molecule has 2 aromatic rings. The Morgan fingerprint density at radius 3 is 2.80 bits per heavy atom. The summed E-state index contributed by atoms with van der Waals surface area (Å²) >= 11 is 1.55. The van der Waals surface area contributed by atoms with E-state index in [1.165, 1.54) is 6.07 Å². The van der Waals surface area contributed by atoms with Crippen LogP contribution in [0, 0.1) is 10.1 Å². The predicted octanol–water partition coefficient (Wildman–Crippen LogP) is 3.47. The standard InChI is InChI=1S/C18H21N3O3S/c22-18(20-13-7-8-13)6-3-11-19-12-14-9-10-17(25-14)15-4-1-2-5-16(15)21(23)24/h1-2,4-5,9-10,13,19H,3,6-8,11-12H2,(H,20,22). The lowest BCUT2D eigenvalue weighted by Crippen LogP contribution is -2.26. The van der Waals surface area contributed by atoms with Crippen molar-refractivity contribution in [2.45, 2.75) is 38.3 Å². The maximum atomic E-state index is 11.6. The number of benzene rings is 1. The van der Waals surface area contributed by atoms with Gasteiger partial charge >= 0.3 is 0 Å². The van der Waals surface area contributed by atoms with Gasteiger partial charge in [0.05, 0.1) is 10.5 Å². The molecule has 132 valence electrons. The summed E-state index contributed by atoms with van der Waals surface area (Å²) in [6.45, 7) is 1.48. The Morgan fingerprint density at radius 1 is 1.24 bits per heavy atom. The third kappa shape index (κ3) is 5.11. The fourth-order valence-electron chi connectivity index (χ4n) is 2.57. The Morgan fingerprint density at radius 2 is 2.04 bits per heavy atom. The number of thiophene rings is 1. The third-order valence-corrected chi connectivity index (χ3v) is 5.15. The molecule has 1 aromatic heterocycles. The molecular formula is C18H21N3O3S. The zero-order valence-corrected chi connectivity index (χ0v) is 14.7. The molecule has 0 spiro atoms. The van der Waals surface area contributed by atoms with E-state index in [4.69, 9.17) is 0 Å². The fourth-order valence-corrected chi connectivity index (χ4v) is 3.58. The minimum Gasteiger partial charge on any atom is -0.353 e. The number of carbonyl (C=O) groups excluding carboxylic acids is 1. The van der Waals surface area contributed by atoms with Gasteiger partial charge in [0.15, 0.2) is 0 Å². The van der Waals surface area contributed by atoms with Gasteiger partial charge in [0, 0.05) is 34.8 Å². The molecule has 0 atom stereocenters. The van der Waals surface area contributed by atoms with Gasteiger partial charge in [0.1, 0.15) is 0 Å². The van der Waals surface area contributed by atoms with Crippen LogP contribution in [0.2, 0.25) is 0 Å². The average molecular weight is 359 g/mol. The largest absolute Gasteiger partial charge is 0.353 e. The Hall–Kier alpha value is -2.25. The number of nitrogens with zero attached hydrogens (tertiary/aromatic N) is 1. The molecule has 6 nitrogen and oxygen atoms in total. The summed E-state index contributed by atoms with van der Waals surface area (Å²) < 4.78 is 0. The van der Waals surface area contributed by atoms with Gasteiger partial charge in [0.2, 0.25) is 5.91 Å². The normalized spacial score (nSPS) is 13.6. The minimum absolute atomic E-state index is 0.130. The van der Waals surface area contributed by atoms with Crippen LogP contribution in [0.15, 0.2) is 36.4 Å². The van der Waals surface area contributed by atoms with Crippen molar-refractivity contribution in [3.8, 4) is 10.4 Å². The molecule has 1 amide bonds. The van der Waals surface area contributed by atoms with Crippen LogP contribution >= 0.6 is 11.3 Å². The number of nitro groups is 1. The molecular weight excluding hydrogens is 338 g/mol. The number of para-hydroxylation sites is 1. The maximum Gasteiger partial charge on any atom is 0.278 e. The van der Waals surface area contributed by atoms with Gasteiger partial charge in [0.25, 0.3) is 5.69 Å². The monoisotopic (exact) mass is 359 g/mol. The zero-order valence-electron chi connectivity index (χ0n) is 13.9. The quantitative estimate of drug-likeness (QED) is 0.408. The first-order valence-corrected chi connectivity index (χ1v) is 9.28. The zero-order chi connectivity index (χ0) is 17.6. The number of hydrogen-bond acceptors (Lipinski definition) is 5. The second kappa shape index (κ2) is 8.22. The highest BCUT2D eigenvalue weighted by Gasteiger charge is 2.22. The smallest absolute Gasteiger partial charge is 0.278 e. The molecule has 25 heavy (non-hydrogen) atoms. The second-order valence-electron chi connectivity index (χ2n) is 6.16. The lowest BCUT2D eigenvalue weighted by atomic mass is 10.1. The van der Waals surface area contributed by atoms with Gasteiger partial charge < -0.3 is 10.6 Å². The van der Waals surface area contributed by atoms with E-state index >= 15 is 0 Å². The molecule has 0 bridgehead atoms. The first-order chi connectivity index (χ1) is 12.1. The summed E-state index contributed by atoms with van der Waals surface area (Å²) in [4.78, 5) is 24.4. The van der Waals surface area contributed by atoms with Crippen LogP contribution in [0.1, 0.15) is 30.6 Å². The molecule has 0 radical (unpaired) electrons. The van der Waals surface area contributed by atoms with Crippen molar-refractivity contribution in [2.24, 2.45) is 0 Å².